The van der Waals surface area contributed by atoms with Crippen LogP contribution in [0.15, 0.2) is 24.3 Å². The van der Waals surface area contributed by atoms with Crippen molar-refractivity contribution in [2.45, 2.75) is 0 Å². The van der Waals surface area contributed by atoms with Gasteiger partial charge in [-0.1, -0.05) is 0 Å². The fraction of sp³-hybridized carbons (Fsp3) is 0.300. The van der Waals surface area contributed by atoms with Gasteiger partial charge in [0, 0.05) is 25.0 Å². The predicted molar refractivity (Wildman–Crippen MR) is 60.0 cm³/mol. The van der Waals surface area contributed by atoms with Gasteiger partial charge in [-0.25, -0.2) is 4.79 Å². The van der Waals surface area contributed by atoms with Gasteiger partial charge in [0.2, 0.25) is 0 Å². The lowest BCUT2D eigenvalue weighted by Crippen LogP contribution is -2.21. The third-order valence-electron chi connectivity index (χ3n) is 2.01. The minimum Gasteiger partial charge on any atom is -0.395 e. The quantitative estimate of drug-likeness (QED) is 0.679. The van der Waals surface area contributed by atoms with Crippen molar-refractivity contribution >= 4 is 17.4 Å². The van der Waals surface area contributed by atoms with Gasteiger partial charge in [0.05, 0.1) is 6.61 Å². The number of carbonyl (C=O) groups excluding carboxylic acids is 1. The van der Waals surface area contributed by atoms with Gasteiger partial charge in [-0.3, -0.25) is 0 Å². The number of urea groups is 1. The first kappa shape index (κ1) is 11.3. The van der Waals surface area contributed by atoms with Crippen molar-refractivity contribution in [1.29, 1.82) is 0 Å². The van der Waals surface area contributed by atoms with Crippen molar-refractivity contribution in [3.63, 3.8) is 0 Å². The molecule has 0 saturated carbocycles. The number of carbonyl (C=O) groups is 1. The van der Waals surface area contributed by atoms with E-state index in [1.165, 1.54) is 0 Å². The number of amides is 2. The highest BCUT2D eigenvalue weighted by atomic mass is 16.3. The molecule has 0 radical (unpaired) electrons. The zero-order valence-electron chi connectivity index (χ0n) is 8.60. The Bertz CT molecular complexity index is 324. The van der Waals surface area contributed by atoms with Crippen molar-refractivity contribution in [2.75, 3.05) is 30.4 Å². The highest BCUT2D eigenvalue weighted by Gasteiger charge is 2.00. The van der Waals surface area contributed by atoms with E-state index in [-0.39, 0.29) is 6.61 Å². The Kier molecular flexibility index (Phi) is 3.93. The van der Waals surface area contributed by atoms with Crippen LogP contribution in [0, 0.1) is 0 Å². The molecule has 0 heterocycles. The number of aliphatic hydroxyl groups excluding tert-OH is 1. The monoisotopic (exact) mass is 209 g/mol. The van der Waals surface area contributed by atoms with E-state index < -0.39 is 6.03 Å². The number of benzene rings is 1. The summed E-state index contributed by atoms with van der Waals surface area (Å²) in [7, 11) is 1.88. The van der Waals surface area contributed by atoms with Gasteiger partial charge in [0.1, 0.15) is 0 Å². The molecule has 5 heteroatoms. The predicted octanol–water partition coefficient (Wildman–Crippen LogP) is 0.606. The average Bonchev–Trinajstić information content (AvgIpc) is 2.18. The van der Waals surface area contributed by atoms with E-state index in [2.05, 4.69) is 5.32 Å². The molecule has 0 bridgehead atoms. The molecule has 0 spiro atoms. The molecule has 0 aliphatic carbocycles. The Morgan fingerprint density at radius 1 is 1.47 bits per heavy atom. The van der Waals surface area contributed by atoms with Crippen LogP contribution in [-0.4, -0.2) is 31.3 Å². The maximum atomic E-state index is 10.6. The first-order valence-electron chi connectivity index (χ1n) is 4.62. The summed E-state index contributed by atoms with van der Waals surface area (Å²) in [5, 5.41) is 11.2. The van der Waals surface area contributed by atoms with Crippen LogP contribution in [0.3, 0.4) is 0 Å². The van der Waals surface area contributed by atoms with E-state index in [1.54, 1.807) is 12.1 Å². The summed E-state index contributed by atoms with van der Waals surface area (Å²) in [6.07, 6.45) is 0. The van der Waals surface area contributed by atoms with E-state index >= 15 is 0 Å². The minimum absolute atomic E-state index is 0.109. The second kappa shape index (κ2) is 5.21. The first-order chi connectivity index (χ1) is 7.13. The van der Waals surface area contributed by atoms with E-state index in [0.29, 0.717) is 12.2 Å². The van der Waals surface area contributed by atoms with Gasteiger partial charge in [-0.15, -0.1) is 0 Å². The van der Waals surface area contributed by atoms with Crippen molar-refractivity contribution < 1.29 is 9.90 Å². The van der Waals surface area contributed by atoms with Crippen molar-refractivity contribution in [3.05, 3.63) is 24.3 Å². The number of anilines is 2. The molecule has 82 valence electrons. The van der Waals surface area contributed by atoms with Crippen LogP contribution in [0.5, 0.6) is 0 Å². The third-order valence-corrected chi connectivity index (χ3v) is 2.01. The molecule has 1 aromatic rings. The molecule has 1 rings (SSSR count). The van der Waals surface area contributed by atoms with Crippen molar-refractivity contribution in [2.24, 2.45) is 5.73 Å². The molecule has 5 nitrogen and oxygen atoms in total. The van der Waals surface area contributed by atoms with Gasteiger partial charge < -0.3 is 21.1 Å². The van der Waals surface area contributed by atoms with Crippen LogP contribution in [-0.2, 0) is 0 Å². The number of aliphatic hydroxyl groups is 1. The van der Waals surface area contributed by atoms with Crippen molar-refractivity contribution in [1.82, 2.24) is 0 Å². The summed E-state index contributed by atoms with van der Waals surface area (Å²) in [4.78, 5) is 12.5. The molecule has 0 aliphatic rings. The summed E-state index contributed by atoms with van der Waals surface area (Å²) in [5.74, 6) is 0. The van der Waals surface area contributed by atoms with Crippen LogP contribution in [0.4, 0.5) is 16.2 Å². The largest absolute Gasteiger partial charge is 0.395 e. The van der Waals surface area contributed by atoms with E-state index in [4.69, 9.17) is 10.8 Å². The summed E-state index contributed by atoms with van der Waals surface area (Å²) in [5.41, 5.74) is 6.60. The number of primary amides is 1. The molecule has 4 N–H and O–H groups in total. The Morgan fingerprint density at radius 2 is 2.07 bits per heavy atom. The summed E-state index contributed by atoms with van der Waals surface area (Å²) in [6.45, 7) is 0.681. The second-order valence-electron chi connectivity index (χ2n) is 3.18. The molecule has 0 saturated heterocycles. The smallest absolute Gasteiger partial charge is 0.316 e. The second-order valence-corrected chi connectivity index (χ2v) is 3.18. The topological polar surface area (TPSA) is 78.6 Å². The molecule has 0 unspecified atom stereocenters. The highest BCUT2D eigenvalue weighted by molar-refractivity contribution is 5.87. The zero-order chi connectivity index (χ0) is 11.3. The van der Waals surface area contributed by atoms with Gasteiger partial charge in [-0.2, -0.15) is 0 Å². The molecule has 15 heavy (non-hydrogen) atoms. The van der Waals surface area contributed by atoms with Crippen LogP contribution in [0.1, 0.15) is 0 Å². The molecular weight excluding hydrogens is 194 g/mol. The lowest BCUT2D eigenvalue weighted by Gasteiger charge is -2.17. The van der Waals surface area contributed by atoms with Gasteiger partial charge in [-0.05, 0) is 24.3 Å². The van der Waals surface area contributed by atoms with Crippen LogP contribution < -0.4 is 16.0 Å². The lowest BCUT2D eigenvalue weighted by molar-refractivity contribution is 0.259. The fourth-order valence-corrected chi connectivity index (χ4v) is 1.22. The fourth-order valence-electron chi connectivity index (χ4n) is 1.22. The molecule has 0 atom stereocenters. The van der Waals surface area contributed by atoms with E-state index in [9.17, 15) is 4.79 Å². The lowest BCUT2D eigenvalue weighted by atomic mass is 10.2. The molecule has 1 aromatic carbocycles. The van der Waals surface area contributed by atoms with Crippen molar-refractivity contribution in [3.8, 4) is 0 Å². The molecule has 0 aliphatic heterocycles. The Balaban J connectivity index is 2.67. The number of nitrogens with two attached hydrogens (primary N) is 1. The first-order valence-corrected chi connectivity index (χ1v) is 4.62. The SMILES string of the molecule is CN(CCO)c1ccc(NC(N)=O)cc1. The average molecular weight is 209 g/mol. The number of rotatable bonds is 4. The zero-order valence-corrected chi connectivity index (χ0v) is 8.60. The Hall–Kier alpha value is -1.75. The van der Waals surface area contributed by atoms with E-state index in [0.717, 1.165) is 5.69 Å². The maximum absolute atomic E-state index is 10.6. The standard InChI is InChI=1S/C10H15N3O2/c1-13(6-7-14)9-4-2-8(3-5-9)12-10(11)15/h2-5,14H,6-7H2,1H3,(H3,11,12,15). The number of nitrogens with one attached hydrogen (secondary N) is 1. The third kappa shape index (κ3) is 3.47. The molecular formula is C10H15N3O2. The Labute approximate surface area is 88.5 Å². The highest BCUT2D eigenvalue weighted by Crippen LogP contribution is 2.16. The normalized spacial score (nSPS) is 9.73. The van der Waals surface area contributed by atoms with E-state index in [1.807, 2.05) is 24.1 Å². The number of likely N-dealkylation sites (N-methyl/N-ethyl adjacent to an activating group) is 1. The van der Waals surface area contributed by atoms with Gasteiger partial charge in [0.25, 0.3) is 0 Å². The Morgan fingerprint density at radius 3 is 2.53 bits per heavy atom. The van der Waals surface area contributed by atoms with Crippen LogP contribution in [0.2, 0.25) is 0 Å². The minimum atomic E-state index is -0.577. The molecule has 0 fully saturated rings. The number of nitrogens with zero attached hydrogens (tertiary/aromatic N) is 1. The number of hydrogen-bond donors (Lipinski definition) is 3. The summed E-state index contributed by atoms with van der Waals surface area (Å²) in [6, 6.07) is 6.63. The van der Waals surface area contributed by atoms with Crippen LogP contribution in [0.25, 0.3) is 0 Å². The van der Waals surface area contributed by atoms with Gasteiger partial charge >= 0.3 is 6.03 Å². The van der Waals surface area contributed by atoms with Crippen LogP contribution >= 0.6 is 0 Å². The molecule has 2 amide bonds. The summed E-state index contributed by atoms with van der Waals surface area (Å²) < 4.78 is 0. The number of hydrogen-bond acceptors (Lipinski definition) is 3. The summed E-state index contributed by atoms with van der Waals surface area (Å²) >= 11 is 0. The molecule has 0 aromatic heterocycles. The maximum Gasteiger partial charge on any atom is 0.316 e. The van der Waals surface area contributed by atoms with Gasteiger partial charge in [0.15, 0.2) is 0 Å².